The third-order valence-corrected chi connectivity index (χ3v) is 6.65. The molecule has 35 heavy (non-hydrogen) atoms. The minimum atomic E-state index is -0.546. The van der Waals surface area contributed by atoms with Gasteiger partial charge in [-0.2, -0.15) is 0 Å². The van der Waals surface area contributed by atoms with E-state index in [-0.39, 0.29) is 11.3 Å². The van der Waals surface area contributed by atoms with Gasteiger partial charge in [-0.25, -0.2) is 4.39 Å². The monoisotopic (exact) mass is 491 g/mol. The number of phenolic OH excluding ortho intramolecular Hbond substituents is 1. The Morgan fingerprint density at radius 2 is 1.94 bits per heavy atom. The Hall–Kier alpha value is -3.42. The second kappa shape index (κ2) is 10.1. The molecular weight excluding hydrogens is 465 g/mol. The number of halogens is 2. The number of anilines is 3. The van der Waals surface area contributed by atoms with E-state index in [1.54, 1.807) is 12.1 Å². The lowest BCUT2D eigenvalue weighted by atomic mass is 9.99. The van der Waals surface area contributed by atoms with Crippen LogP contribution in [0.15, 0.2) is 60.7 Å². The number of nitrogens with zero attached hydrogens (tertiary/aromatic N) is 3. The molecule has 1 aliphatic rings. The van der Waals surface area contributed by atoms with Crippen molar-refractivity contribution in [2.75, 3.05) is 29.9 Å². The minimum absolute atomic E-state index is 0.0635. The van der Waals surface area contributed by atoms with Gasteiger partial charge in [0.2, 0.25) is 0 Å². The maximum Gasteiger partial charge on any atom is 0.161 e. The van der Waals surface area contributed by atoms with Crippen molar-refractivity contribution in [1.82, 2.24) is 15.5 Å². The van der Waals surface area contributed by atoms with Gasteiger partial charge >= 0.3 is 0 Å². The highest BCUT2D eigenvalue weighted by atomic mass is 35.5. The minimum Gasteiger partial charge on any atom is -0.507 e. The molecule has 4 aromatic rings. The number of rotatable bonds is 6. The van der Waals surface area contributed by atoms with Crippen LogP contribution in [0.1, 0.15) is 19.8 Å². The van der Waals surface area contributed by atoms with E-state index in [2.05, 4.69) is 32.7 Å². The summed E-state index contributed by atoms with van der Waals surface area (Å²) in [6, 6.07) is 17.9. The van der Waals surface area contributed by atoms with E-state index in [1.165, 1.54) is 18.2 Å². The molecule has 1 atom stereocenters. The van der Waals surface area contributed by atoms with Crippen molar-refractivity contribution in [3.63, 3.8) is 0 Å². The van der Waals surface area contributed by atoms with E-state index in [0.29, 0.717) is 22.4 Å². The Labute approximate surface area is 208 Å². The second-order valence-corrected chi connectivity index (χ2v) is 9.17. The first-order valence-corrected chi connectivity index (χ1v) is 12.2. The smallest absolute Gasteiger partial charge is 0.161 e. The molecule has 1 saturated heterocycles. The average Bonchev–Trinajstić information content (AvgIpc) is 2.85. The number of nitrogens with one attached hydrogen (secondary N) is 2. The zero-order chi connectivity index (χ0) is 24.4. The topological polar surface area (TPSA) is 73.3 Å². The highest BCUT2D eigenvalue weighted by Gasteiger charge is 2.24. The van der Waals surface area contributed by atoms with Crippen molar-refractivity contribution < 1.29 is 9.50 Å². The van der Waals surface area contributed by atoms with Crippen LogP contribution in [0.3, 0.4) is 0 Å². The van der Waals surface area contributed by atoms with Gasteiger partial charge < -0.3 is 20.6 Å². The van der Waals surface area contributed by atoms with Gasteiger partial charge in [0.05, 0.1) is 5.56 Å². The first-order valence-electron chi connectivity index (χ1n) is 11.8. The van der Waals surface area contributed by atoms with Crippen molar-refractivity contribution in [3.05, 3.63) is 71.5 Å². The van der Waals surface area contributed by atoms with E-state index < -0.39 is 5.82 Å². The van der Waals surface area contributed by atoms with E-state index >= 15 is 0 Å². The summed E-state index contributed by atoms with van der Waals surface area (Å²) in [6.07, 6.45) is 2.17. The van der Waals surface area contributed by atoms with E-state index in [0.717, 1.165) is 54.8 Å². The average molecular weight is 492 g/mol. The Morgan fingerprint density at radius 3 is 2.71 bits per heavy atom. The van der Waals surface area contributed by atoms with Gasteiger partial charge in [-0.05, 0) is 42.8 Å². The van der Waals surface area contributed by atoms with Crippen LogP contribution in [0.2, 0.25) is 5.02 Å². The van der Waals surface area contributed by atoms with Crippen LogP contribution in [0.5, 0.6) is 5.75 Å². The summed E-state index contributed by atoms with van der Waals surface area (Å²) in [7, 11) is 0. The summed E-state index contributed by atoms with van der Waals surface area (Å²) in [6.45, 7) is 4.64. The molecule has 5 rings (SSSR count). The molecule has 0 saturated carbocycles. The first kappa shape index (κ1) is 23.3. The lowest BCUT2D eigenvalue weighted by molar-refractivity contribution is 0.429. The number of hydrogen-bond donors (Lipinski definition) is 3. The number of piperazine rings is 1. The number of aromatic nitrogens is 2. The molecule has 0 aliphatic carbocycles. The fourth-order valence-corrected chi connectivity index (χ4v) is 4.93. The largest absolute Gasteiger partial charge is 0.507 e. The predicted octanol–water partition coefficient (Wildman–Crippen LogP) is 6.12. The van der Waals surface area contributed by atoms with Gasteiger partial charge in [0.15, 0.2) is 11.6 Å². The summed E-state index contributed by atoms with van der Waals surface area (Å²) < 4.78 is 14.8. The van der Waals surface area contributed by atoms with Gasteiger partial charge in [-0.15, -0.1) is 10.2 Å². The molecule has 8 heteroatoms. The second-order valence-electron chi connectivity index (χ2n) is 8.76. The molecule has 6 nitrogen and oxygen atoms in total. The zero-order valence-electron chi connectivity index (χ0n) is 19.4. The van der Waals surface area contributed by atoms with Gasteiger partial charge in [-0.3, -0.25) is 0 Å². The summed E-state index contributed by atoms with van der Waals surface area (Å²) in [5.74, 6) is 0.558. The number of hydrogen-bond acceptors (Lipinski definition) is 6. The molecule has 1 aliphatic heterocycles. The van der Waals surface area contributed by atoms with Crippen LogP contribution in [-0.4, -0.2) is 41.0 Å². The maximum atomic E-state index is 14.8. The Balaban J connectivity index is 1.67. The van der Waals surface area contributed by atoms with Crippen LogP contribution in [0.25, 0.3) is 21.9 Å². The molecule has 0 bridgehead atoms. The molecule has 0 radical (unpaired) electrons. The highest BCUT2D eigenvalue weighted by molar-refractivity contribution is 6.34. The van der Waals surface area contributed by atoms with Crippen LogP contribution in [0.4, 0.5) is 21.7 Å². The van der Waals surface area contributed by atoms with E-state index in [9.17, 15) is 9.50 Å². The molecular formula is C27H27ClFN5O. The number of phenols is 1. The first-order chi connectivity index (χ1) is 17.0. The molecule has 1 aromatic heterocycles. The lowest BCUT2D eigenvalue weighted by Gasteiger charge is -2.35. The van der Waals surface area contributed by atoms with E-state index in [4.69, 9.17) is 11.6 Å². The SMILES string of the molecule is CCCC1CN(c2nnc(Nc3ccccc3)c3cc(-c4c(O)cccc4F)c(Cl)cc23)CCN1. The molecule has 3 aromatic carbocycles. The van der Waals surface area contributed by atoms with Crippen molar-refractivity contribution in [3.8, 4) is 16.9 Å². The normalized spacial score (nSPS) is 16.0. The molecule has 1 unspecified atom stereocenters. The summed E-state index contributed by atoms with van der Waals surface area (Å²) in [5.41, 5.74) is 1.31. The van der Waals surface area contributed by atoms with Crippen LogP contribution < -0.4 is 15.5 Å². The fraction of sp³-hybridized carbons (Fsp3) is 0.259. The van der Waals surface area contributed by atoms with Crippen molar-refractivity contribution >= 4 is 39.7 Å². The van der Waals surface area contributed by atoms with Crippen molar-refractivity contribution in [2.24, 2.45) is 0 Å². The molecule has 0 amide bonds. The molecule has 180 valence electrons. The number of benzene rings is 3. The molecule has 2 heterocycles. The summed E-state index contributed by atoms with van der Waals surface area (Å²) in [5, 5.41) is 28.4. The third kappa shape index (κ3) is 4.74. The van der Waals surface area contributed by atoms with Gasteiger partial charge in [0.25, 0.3) is 0 Å². The number of fused-ring (bicyclic) bond motifs is 1. The zero-order valence-corrected chi connectivity index (χ0v) is 20.2. The lowest BCUT2D eigenvalue weighted by Crippen LogP contribution is -2.51. The Kier molecular flexibility index (Phi) is 6.70. The third-order valence-electron chi connectivity index (χ3n) is 6.34. The Bertz CT molecular complexity index is 1330. The van der Waals surface area contributed by atoms with Crippen LogP contribution >= 0.6 is 11.6 Å². The molecule has 1 fully saturated rings. The maximum absolute atomic E-state index is 14.8. The standard InChI is InChI=1S/C27H27ClFN5O/c1-2-7-18-16-34(13-12-30-18)27-20-15-22(28)21(25-23(29)10-6-11-24(25)35)14-19(20)26(32-33-27)31-17-8-4-3-5-9-17/h3-6,8-11,14-15,18,30,35H,2,7,12-13,16H2,1H3,(H,31,32). The number of para-hydroxylation sites is 1. The van der Waals surface area contributed by atoms with Crippen LogP contribution in [0, 0.1) is 5.82 Å². The van der Waals surface area contributed by atoms with Crippen molar-refractivity contribution in [2.45, 2.75) is 25.8 Å². The summed E-state index contributed by atoms with van der Waals surface area (Å²) in [4.78, 5) is 2.23. The number of aromatic hydroxyl groups is 1. The van der Waals surface area contributed by atoms with Crippen LogP contribution in [-0.2, 0) is 0 Å². The fourth-order valence-electron chi connectivity index (χ4n) is 4.67. The van der Waals surface area contributed by atoms with Gasteiger partial charge in [0, 0.05) is 52.7 Å². The van der Waals surface area contributed by atoms with E-state index in [1.807, 2.05) is 30.3 Å². The summed E-state index contributed by atoms with van der Waals surface area (Å²) >= 11 is 6.71. The Morgan fingerprint density at radius 1 is 1.11 bits per heavy atom. The van der Waals surface area contributed by atoms with Gasteiger partial charge in [0.1, 0.15) is 11.6 Å². The van der Waals surface area contributed by atoms with Crippen molar-refractivity contribution in [1.29, 1.82) is 0 Å². The predicted molar refractivity (Wildman–Crippen MR) is 140 cm³/mol. The highest BCUT2D eigenvalue weighted by Crippen LogP contribution is 2.42. The molecule has 0 spiro atoms. The van der Waals surface area contributed by atoms with Gasteiger partial charge in [-0.1, -0.05) is 49.2 Å². The quantitative estimate of drug-likeness (QED) is 0.302. The molecule has 3 N–H and O–H groups in total.